The number of nitrogens with zero attached hydrogens (tertiary/aromatic N) is 1. The Kier molecular flexibility index (Phi) is 7.62. The van der Waals surface area contributed by atoms with Gasteiger partial charge in [-0.25, -0.2) is 0 Å². The smallest absolute Gasteiger partial charge is 0.269 e. The van der Waals surface area contributed by atoms with Crippen molar-refractivity contribution in [2.45, 2.75) is 6.10 Å². The van der Waals surface area contributed by atoms with Crippen molar-refractivity contribution in [3.05, 3.63) is 34.4 Å². The van der Waals surface area contributed by atoms with Crippen LogP contribution in [0.4, 0.5) is 5.69 Å². The molecule has 8 heteroatoms. The van der Waals surface area contributed by atoms with Crippen molar-refractivity contribution in [1.82, 2.24) is 0 Å². The predicted octanol–water partition coefficient (Wildman–Crippen LogP) is -1.80. The number of hydrogen-bond acceptors (Lipinski definition) is 6. The summed E-state index contributed by atoms with van der Waals surface area (Å²) in [5, 5.41) is 38.1. The molecule has 0 fully saturated rings. The van der Waals surface area contributed by atoms with Crippen LogP contribution in [0, 0.1) is 10.1 Å². The highest BCUT2D eigenvalue weighted by Gasteiger charge is 2.15. The summed E-state index contributed by atoms with van der Waals surface area (Å²) >= 11 is 0. The Hall–Kier alpha value is -1.74. The molecule has 1 aromatic rings. The van der Waals surface area contributed by atoms with Gasteiger partial charge in [0, 0.05) is 12.1 Å². The maximum atomic E-state index is 10.5. The first-order valence-electron chi connectivity index (χ1n) is 6.67. The van der Waals surface area contributed by atoms with Crippen LogP contribution in [0.25, 0.3) is 0 Å². The predicted molar refractivity (Wildman–Crippen MR) is 74.3 cm³/mol. The first kappa shape index (κ1) is 17.3. The third kappa shape index (κ3) is 6.50. The number of rotatable bonds is 10. The summed E-state index contributed by atoms with van der Waals surface area (Å²) < 4.78 is 5.35. The van der Waals surface area contributed by atoms with Gasteiger partial charge in [0.1, 0.15) is 38.1 Å². The molecule has 1 aromatic carbocycles. The van der Waals surface area contributed by atoms with E-state index >= 15 is 0 Å². The van der Waals surface area contributed by atoms with Crippen molar-refractivity contribution in [2.24, 2.45) is 0 Å². The molecule has 0 heterocycles. The van der Waals surface area contributed by atoms with Gasteiger partial charge in [0.05, 0.1) is 18.1 Å². The second kappa shape index (κ2) is 9.24. The van der Waals surface area contributed by atoms with Crippen LogP contribution < -0.4 is 9.64 Å². The molecule has 0 amide bonds. The number of nitrogens with one attached hydrogen (secondary N) is 1. The number of aliphatic hydroxyl groups is 3. The Morgan fingerprint density at radius 2 is 1.76 bits per heavy atom. The van der Waals surface area contributed by atoms with Gasteiger partial charge in [0.25, 0.3) is 5.69 Å². The quantitative estimate of drug-likeness (QED) is 0.299. The lowest BCUT2D eigenvalue weighted by atomic mass is 10.3. The molecule has 8 nitrogen and oxygen atoms in total. The van der Waals surface area contributed by atoms with E-state index in [1.54, 1.807) is 0 Å². The molecular formula is C13H21N2O6+. The van der Waals surface area contributed by atoms with Gasteiger partial charge in [-0.2, -0.15) is 0 Å². The van der Waals surface area contributed by atoms with E-state index in [9.17, 15) is 15.2 Å². The highest BCUT2D eigenvalue weighted by Crippen LogP contribution is 2.17. The van der Waals surface area contributed by atoms with E-state index in [2.05, 4.69) is 0 Å². The zero-order chi connectivity index (χ0) is 15.7. The molecule has 0 aliphatic rings. The number of hydrogen-bond donors (Lipinski definition) is 4. The molecule has 0 aliphatic carbocycles. The molecule has 1 rings (SSSR count). The van der Waals surface area contributed by atoms with Crippen molar-refractivity contribution in [3.8, 4) is 5.75 Å². The molecular weight excluding hydrogens is 280 g/mol. The van der Waals surface area contributed by atoms with Gasteiger partial charge >= 0.3 is 0 Å². The third-order valence-corrected chi connectivity index (χ3v) is 2.94. The molecule has 0 bridgehead atoms. The van der Waals surface area contributed by atoms with Crippen LogP contribution >= 0.6 is 0 Å². The number of benzene rings is 1. The standard InChI is InChI=1S/C13H20N2O6/c16-7-5-14(6-8-17)9-12(18)10-21-13-3-1-11(2-4-13)15(19)20/h1-4,12,16-18H,5-10H2/p+1/t12-/m1/s1. The van der Waals surface area contributed by atoms with E-state index in [1.807, 2.05) is 0 Å². The number of ether oxygens (including phenoxy) is 1. The third-order valence-electron chi connectivity index (χ3n) is 2.94. The average Bonchev–Trinajstić information content (AvgIpc) is 2.46. The Morgan fingerprint density at radius 1 is 1.19 bits per heavy atom. The summed E-state index contributed by atoms with van der Waals surface area (Å²) in [6, 6.07) is 5.60. The van der Waals surface area contributed by atoms with Crippen LogP contribution in [-0.4, -0.2) is 65.8 Å². The number of nitro groups is 1. The lowest BCUT2D eigenvalue weighted by Gasteiger charge is -2.20. The normalized spacial score (nSPS) is 12.4. The van der Waals surface area contributed by atoms with Gasteiger partial charge in [-0.3, -0.25) is 10.1 Å². The highest BCUT2D eigenvalue weighted by atomic mass is 16.6. The highest BCUT2D eigenvalue weighted by molar-refractivity contribution is 5.35. The minimum Gasteiger partial charge on any atom is -0.491 e. The van der Waals surface area contributed by atoms with E-state index < -0.39 is 11.0 Å². The second-order valence-corrected chi connectivity index (χ2v) is 4.62. The lowest BCUT2D eigenvalue weighted by molar-refractivity contribution is -0.903. The van der Waals surface area contributed by atoms with Crippen LogP contribution in [0.1, 0.15) is 0 Å². The molecule has 4 N–H and O–H groups in total. The van der Waals surface area contributed by atoms with Crippen molar-refractivity contribution < 1.29 is 29.9 Å². The molecule has 0 spiro atoms. The van der Waals surface area contributed by atoms with Crippen molar-refractivity contribution in [1.29, 1.82) is 0 Å². The summed E-state index contributed by atoms with van der Waals surface area (Å²) in [5.74, 6) is 0.436. The first-order valence-corrected chi connectivity index (χ1v) is 6.67. The number of aliphatic hydroxyl groups excluding tert-OH is 3. The summed E-state index contributed by atoms with van der Waals surface area (Å²) in [6.07, 6.45) is -0.756. The van der Waals surface area contributed by atoms with E-state index in [4.69, 9.17) is 14.9 Å². The minimum absolute atomic E-state index is 0.0226. The van der Waals surface area contributed by atoms with Crippen LogP contribution in [0.2, 0.25) is 0 Å². The van der Waals surface area contributed by atoms with E-state index in [-0.39, 0.29) is 25.5 Å². The van der Waals surface area contributed by atoms with E-state index in [0.29, 0.717) is 25.4 Å². The first-order chi connectivity index (χ1) is 10.1. The molecule has 1 atom stereocenters. The number of nitro benzene ring substituents is 1. The minimum atomic E-state index is -0.756. The number of non-ortho nitro benzene ring substituents is 1. The molecule has 0 unspecified atom stereocenters. The topological polar surface area (TPSA) is 118 Å². The largest absolute Gasteiger partial charge is 0.491 e. The molecule has 21 heavy (non-hydrogen) atoms. The fraction of sp³-hybridized carbons (Fsp3) is 0.538. The van der Waals surface area contributed by atoms with Crippen LogP contribution in [0.3, 0.4) is 0 Å². The van der Waals surface area contributed by atoms with Crippen molar-refractivity contribution in [3.63, 3.8) is 0 Å². The van der Waals surface area contributed by atoms with Crippen molar-refractivity contribution >= 4 is 5.69 Å². The monoisotopic (exact) mass is 301 g/mol. The SMILES string of the molecule is O=[N+]([O-])c1ccc(OC[C@H](O)C[NH+](CCO)CCO)cc1. The van der Waals surface area contributed by atoms with Gasteiger partial charge in [0.15, 0.2) is 0 Å². The molecule has 0 radical (unpaired) electrons. The summed E-state index contributed by atoms with van der Waals surface area (Å²) in [4.78, 5) is 10.9. The van der Waals surface area contributed by atoms with Gasteiger partial charge in [-0.15, -0.1) is 0 Å². The fourth-order valence-electron chi connectivity index (χ4n) is 1.89. The summed E-state index contributed by atoms with van der Waals surface area (Å²) in [6.45, 7) is 1.22. The molecule has 118 valence electrons. The molecule has 0 saturated heterocycles. The van der Waals surface area contributed by atoms with E-state index in [1.165, 1.54) is 24.3 Å². The van der Waals surface area contributed by atoms with Gasteiger partial charge in [-0.1, -0.05) is 0 Å². The second-order valence-electron chi connectivity index (χ2n) is 4.62. The fourth-order valence-corrected chi connectivity index (χ4v) is 1.89. The van der Waals surface area contributed by atoms with Gasteiger partial charge in [-0.05, 0) is 12.1 Å². The van der Waals surface area contributed by atoms with Crippen LogP contribution in [0.15, 0.2) is 24.3 Å². The summed E-state index contributed by atoms with van der Waals surface area (Å²) in [7, 11) is 0. The lowest BCUT2D eigenvalue weighted by Crippen LogP contribution is -3.14. The zero-order valence-corrected chi connectivity index (χ0v) is 11.6. The average molecular weight is 301 g/mol. The van der Waals surface area contributed by atoms with Gasteiger partial charge < -0.3 is 25.0 Å². The molecule has 0 aromatic heterocycles. The Morgan fingerprint density at radius 3 is 2.24 bits per heavy atom. The maximum Gasteiger partial charge on any atom is 0.269 e. The van der Waals surface area contributed by atoms with Crippen LogP contribution in [0.5, 0.6) is 5.75 Å². The Balaban J connectivity index is 2.40. The molecule has 0 aliphatic heterocycles. The van der Waals surface area contributed by atoms with Crippen molar-refractivity contribution in [2.75, 3.05) is 39.5 Å². The summed E-state index contributed by atoms with van der Waals surface area (Å²) in [5.41, 5.74) is -0.0237. The van der Waals surface area contributed by atoms with Crippen LogP contribution in [-0.2, 0) is 0 Å². The Labute approximate surface area is 122 Å². The van der Waals surface area contributed by atoms with E-state index in [0.717, 1.165) is 4.90 Å². The number of quaternary nitrogens is 1. The van der Waals surface area contributed by atoms with Gasteiger partial charge in [0.2, 0.25) is 0 Å². The molecule has 0 saturated carbocycles. The Bertz CT molecular complexity index is 419. The zero-order valence-electron chi connectivity index (χ0n) is 11.6. The maximum absolute atomic E-state index is 10.5.